The van der Waals surface area contributed by atoms with Crippen LogP contribution in [0.15, 0.2) is 24.3 Å². The summed E-state index contributed by atoms with van der Waals surface area (Å²) in [5.41, 5.74) is 0.0896. The molecule has 0 aliphatic rings. The summed E-state index contributed by atoms with van der Waals surface area (Å²) < 4.78 is 18.0. The third kappa shape index (κ3) is 3.27. The maximum atomic E-state index is 13.1. The number of aliphatic hydroxyl groups is 1. The van der Waals surface area contributed by atoms with Crippen molar-refractivity contribution in [2.45, 2.75) is 12.5 Å². The summed E-state index contributed by atoms with van der Waals surface area (Å²) in [6.45, 7) is 2.88. The molecule has 0 radical (unpaired) electrons. The van der Waals surface area contributed by atoms with E-state index >= 15 is 0 Å². The smallest absolute Gasteiger partial charge is 0.123 e. The molecule has 1 aromatic carbocycles. The average Bonchev–Trinajstić information content (AvgIpc) is 2.29. The Morgan fingerprint density at radius 1 is 1.50 bits per heavy atom. The number of aliphatic hydroxyl groups excluding tert-OH is 1. The maximum absolute atomic E-state index is 13.1. The lowest BCUT2D eigenvalue weighted by Gasteiger charge is -2.29. The summed E-state index contributed by atoms with van der Waals surface area (Å²) >= 11 is 0. The highest BCUT2D eigenvalue weighted by Gasteiger charge is 2.25. The largest absolute Gasteiger partial charge is 0.394 e. The molecule has 0 saturated carbocycles. The summed E-state index contributed by atoms with van der Waals surface area (Å²) in [4.78, 5) is 0. The second-order valence-electron chi connectivity index (χ2n) is 3.92. The first-order valence-electron chi connectivity index (χ1n) is 5.23. The average molecular weight is 227 g/mol. The fourth-order valence-corrected chi connectivity index (χ4v) is 1.51. The van der Waals surface area contributed by atoms with Gasteiger partial charge in [0.15, 0.2) is 0 Å². The highest BCUT2D eigenvalue weighted by molar-refractivity contribution is 5.24. The minimum Gasteiger partial charge on any atom is -0.394 e. The van der Waals surface area contributed by atoms with Crippen molar-refractivity contribution >= 4 is 0 Å². The van der Waals surface area contributed by atoms with Gasteiger partial charge in [-0.2, -0.15) is 0 Å². The molecule has 0 heterocycles. The molecule has 90 valence electrons. The van der Waals surface area contributed by atoms with E-state index in [4.69, 9.17) is 4.74 Å². The second-order valence-corrected chi connectivity index (χ2v) is 3.92. The van der Waals surface area contributed by atoms with E-state index in [0.29, 0.717) is 13.2 Å². The molecule has 0 aliphatic carbocycles. The molecular formula is C12H18FNO2. The molecule has 0 aliphatic heterocycles. The summed E-state index contributed by atoms with van der Waals surface area (Å²) in [5, 5.41) is 12.6. The van der Waals surface area contributed by atoms with Crippen LogP contribution in [0.2, 0.25) is 0 Å². The van der Waals surface area contributed by atoms with Crippen LogP contribution in [0.5, 0.6) is 0 Å². The first-order valence-corrected chi connectivity index (χ1v) is 5.23. The van der Waals surface area contributed by atoms with Gasteiger partial charge in [-0.25, -0.2) is 4.39 Å². The lowest BCUT2D eigenvalue weighted by Crippen LogP contribution is -2.44. The fourth-order valence-electron chi connectivity index (χ4n) is 1.51. The van der Waals surface area contributed by atoms with Gasteiger partial charge in [-0.1, -0.05) is 12.1 Å². The van der Waals surface area contributed by atoms with Gasteiger partial charge in [0.2, 0.25) is 0 Å². The van der Waals surface area contributed by atoms with E-state index in [1.807, 2.05) is 6.92 Å². The highest BCUT2D eigenvalue weighted by Crippen LogP contribution is 2.20. The molecule has 1 rings (SSSR count). The SMILES string of the molecule is COCCNC(C)(CO)c1cccc(F)c1. The number of ether oxygens (including phenoxy) is 1. The highest BCUT2D eigenvalue weighted by atomic mass is 19.1. The first-order chi connectivity index (χ1) is 7.62. The molecule has 0 amide bonds. The molecule has 1 unspecified atom stereocenters. The summed E-state index contributed by atoms with van der Waals surface area (Å²) in [7, 11) is 1.61. The van der Waals surface area contributed by atoms with Crippen LogP contribution in [0.4, 0.5) is 4.39 Å². The Kier molecular flexibility index (Phi) is 4.86. The van der Waals surface area contributed by atoms with E-state index in [1.54, 1.807) is 19.2 Å². The molecule has 0 bridgehead atoms. The number of hydrogen-bond acceptors (Lipinski definition) is 3. The van der Waals surface area contributed by atoms with Crippen LogP contribution >= 0.6 is 0 Å². The Hall–Kier alpha value is -0.970. The first kappa shape index (κ1) is 13.1. The summed E-state index contributed by atoms with van der Waals surface area (Å²) in [5.74, 6) is -0.300. The van der Waals surface area contributed by atoms with Crippen molar-refractivity contribution < 1.29 is 14.2 Å². The lowest BCUT2D eigenvalue weighted by atomic mass is 9.93. The fraction of sp³-hybridized carbons (Fsp3) is 0.500. The van der Waals surface area contributed by atoms with Gasteiger partial charge in [-0.05, 0) is 24.6 Å². The molecule has 0 spiro atoms. The van der Waals surface area contributed by atoms with Gasteiger partial charge in [-0.3, -0.25) is 0 Å². The van der Waals surface area contributed by atoms with Crippen LogP contribution in [-0.4, -0.2) is 32.0 Å². The van der Waals surface area contributed by atoms with E-state index < -0.39 is 5.54 Å². The third-order valence-corrected chi connectivity index (χ3v) is 2.60. The predicted molar refractivity (Wildman–Crippen MR) is 60.7 cm³/mol. The zero-order chi connectivity index (χ0) is 12.0. The number of rotatable bonds is 6. The molecule has 2 N–H and O–H groups in total. The molecule has 0 fully saturated rings. The van der Waals surface area contributed by atoms with Gasteiger partial charge in [0.05, 0.1) is 18.8 Å². The van der Waals surface area contributed by atoms with Crippen molar-refractivity contribution in [2.75, 3.05) is 26.9 Å². The Morgan fingerprint density at radius 2 is 2.25 bits per heavy atom. The van der Waals surface area contributed by atoms with Crippen molar-refractivity contribution in [3.05, 3.63) is 35.6 Å². The van der Waals surface area contributed by atoms with Crippen LogP contribution in [0.25, 0.3) is 0 Å². The van der Waals surface area contributed by atoms with Gasteiger partial charge in [0.25, 0.3) is 0 Å². The van der Waals surface area contributed by atoms with Crippen LogP contribution in [0.3, 0.4) is 0 Å². The van der Waals surface area contributed by atoms with Gasteiger partial charge >= 0.3 is 0 Å². The van der Waals surface area contributed by atoms with Crippen molar-refractivity contribution in [1.82, 2.24) is 5.32 Å². The minimum absolute atomic E-state index is 0.0971. The predicted octanol–water partition coefficient (Wildman–Crippen LogP) is 1.27. The molecule has 4 heteroatoms. The maximum Gasteiger partial charge on any atom is 0.123 e. The molecule has 0 saturated heterocycles. The van der Waals surface area contributed by atoms with Crippen LogP contribution < -0.4 is 5.32 Å². The van der Waals surface area contributed by atoms with E-state index in [0.717, 1.165) is 5.56 Å². The Balaban J connectivity index is 2.78. The third-order valence-electron chi connectivity index (χ3n) is 2.60. The molecular weight excluding hydrogens is 209 g/mol. The number of benzene rings is 1. The summed E-state index contributed by atoms with van der Waals surface area (Å²) in [6.07, 6.45) is 0. The molecule has 16 heavy (non-hydrogen) atoms. The Labute approximate surface area is 95.2 Å². The zero-order valence-electron chi connectivity index (χ0n) is 9.66. The van der Waals surface area contributed by atoms with Gasteiger partial charge < -0.3 is 15.2 Å². The standard InChI is InChI=1S/C12H18FNO2/c1-12(9-15,14-6-7-16-2)10-4-3-5-11(13)8-10/h3-5,8,14-15H,6-7,9H2,1-2H3. The number of hydrogen-bond donors (Lipinski definition) is 2. The molecule has 1 atom stereocenters. The normalized spacial score (nSPS) is 14.8. The lowest BCUT2D eigenvalue weighted by molar-refractivity contribution is 0.148. The van der Waals surface area contributed by atoms with Crippen molar-refractivity contribution in [2.24, 2.45) is 0 Å². The summed E-state index contributed by atoms with van der Waals surface area (Å²) in [6, 6.07) is 6.24. The van der Waals surface area contributed by atoms with Gasteiger partial charge in [-0.15, -0.1) is 0 Å². The topological polar surface area (TPSA) is 41.5 Å². The Bertz CT molecular complexity index is 333. The second kappa shape index (κ2) is 5.94. The minimum atomic E-state index is -0.638. The zero-order valence-corrected chi connectivity index (χ0v) is 9.66. The molecule has 0 aromatic heterocycles. The monoisotopic (exact) mass is 227 g/mol. The van der Waals surface area contributed by atoms with E-state index in [9.17, 15) is 9.50 Å². The number of halogens is 1. The van der Waals surface area contributed by atoms with Crippen LogP contribution in [0, 0.1) is 5.82 Å². The van der Waals surface area contributed by atoms with Crippen molar-refractivity contribution in [3.8, 4) is 0 Å². The Morgan fingerprint density at radius 3 is 2.81 bits per heavy atom. The molecule has 1 aromatic rings. The van der Waals surface area contributed by atoms with Crippen molar-refractivity contribution in [3.63, 3.8) is 0 Å². The van der Waals surface area contributed by atoms with Gasteiger partial charge in [0, 0.05) is 13.7 Å². The van der Waals surface area contributed by atoms with E-state index in [1.165, 1.54) is 12.1 Å². The van der Waals surface area contributed by atoms with Gasteiger partial charge in [0.1, 0.15) is 5.82 Å². The van der Waals surface area contributed by atoms with E-state index in [2.05, 4.69) is 5.32 Å². The van der Waals surface area contributed by atoms with Crippen LogP contribution in [-0.2, 0) is 10.3 Å². The van der Waals surface area contributed by atoms with E-state index in [-0.39, 0.29) is 12.4 Å². The van der Waals surface area contributed by atoms with Crippen LogP contribution in [0.1, 0.15) is 12.5 Å². The quantitative estimate of drug-likeness (QED) is 0.719. The number of nitrogens with one attached hydrogen (secondary N) is 1. The number of methoxy groups -OCH3 is 1. The molecule has 3 nitrogen and oxygen atoms in total. The van der Waals surface area contributed by atoms with Crippen molar-refractivity contribution in [1.29, 1.82) is 0 Å².